The molecule has 28 heavy (non-hydrogen) atoms. The molecule has 1 aliphatic heterocycles. The molecule has 1 atom stereocenters. The predicted octanol–water partition coefficient (Wildman–Crippen LogP) is 3.33. The zero-order valence-electron chi connectivity index (χ0n) is 15.7. The first-order valence-electron chi connectivity index (χ1n) is 9.18. The van der Waals surface area contributed by atoms with Crippen molar-refractivity contribution in [2.75, 3.05) is 12.4 Å². The number of carbonyl (C=O) groups excluding carboxylic acids is 1. The van der Waals surface area contributed by atoms with Crippen LogP contribution in [0.3, 0.4) is 0 Å². The summed E-state index contributed by atoms with van der Waals surface area (Å²) >= 11 is 0. The van der Waals surface area contributed by atoms with Crippen molar-refractivity contribution in [1.82, 2.24) is 4.90 Å². The van der Waals surface area contributed by atoms with Crippen LogP contribution < -0.4 is 11.1 Å². The summed E-state index contributed by atoms with van der Waals surface area (Å²) in [5.41, 5.74) is 8.64. The van der Waals surface area contributed by atoms with Gasteiger partial charge < -0.3 is 11.1 Å². The Bertz CT molecular complexity index is 1000. The molecule has 0 saturated heterocycles. The third-order valence-electron chi connectivity index (χ3n) is 5.07. The molecule has 0 saturated carbocycles. The van der Waals surface area contributed by atoms with Gasteiger partial charge in [-0.3, -0.25) is 9.69 Å². The Balaban J connectivity index is 1.66. The summed E-state index contributed by atoms with van der Waals surface area (Å²) in [6, 6.07) is 27.6. The summed E-state index contributed by atoms with van der Waals surface area (Å²) in [5.74, 6) is 0.0707. The lowest BCUT2D eigenvalue weighted by molar-refractivity contribution is -0.129. The van der Waals surface area contributed by atoms with Crippen molar-refractivity contribution in [3.8, 4) is 0 Å². The number of hydrogen-bond acceptors (Lipinski definition) is 4. The van der Waals surface area contributed by atoms with Crippen molar-refractivity contribution >= 4 is 17.6 Å². The van der Waals surface area contributed by atoms with E-state index in [-0.39, 0.29) is 11.9 Å². The lowest BCUT2D eigenvalue weighted by atomic mass is 9.83. The number of hydrogen-bond donors (Lipinski definition) is 2. The minimum absolute atomic E-state index is 0.152. The highest BCUT2D eigenvalue weighted by Gasteiger charge is 2.49. The summed E-state index contributed by atoms with van der Waals surface area (Å²) in [5, 5.41) is 3.40. The van der Waals surface area contributed by atoms with E-state index < -0.39 is 5.54 Å². The number of likely N-dealkylation sites (N-methyl/N-ethyl adjacent to an activating group) is 1. The second-order valence-electron chi connectivity index (χ2n) is 6.83. The molecule has 0 fully saturated rings. The van der Waals surface area contributed by atoms with E-state index >= 15 is 0 Å². The Morgan fingerprint density at radius 1 is 0.893 bits per heavy atom. The van der Waals surface area contributed by atoms with Gasteiger partial charge in [0.15, 0.2) is 11.5 Å². The Morgan fingerprint density at radius 3 is 2.04 bits per heavy atom. The van der Waals surface area contributed by atoms with Crippen molar-refractivity contribution < 1.29 is 4.79 Å². The van der Waals surface area contributed by atoms with E-state index in [0.29, 0.717) is 0 Å². The molecule has 1 heterocycles. The molecule has 5 nitrogen and oxygen atoms in total. The molecule has 140 valence electrons. The predicted molar refractivity (Wildman–Crippen MR) is 112 cm³/mol. The summed E-state index contributed by atoms with van der Waals surface area (Å²) in [6.07, 6.45) is 0. The number of nitrogens with zero attached hydrogens (tertiary/aromatic N) is 2. The molecular weight excluding hydrogens is 348 g/mol. The van der Waals surface area contributed by atoms with Crippen LogP contribution in [0.15, 0.2) is 89.9 Å². The molecule has 3 N–H and O–H groups in total. The average molecular weight is 370 g/mol. The number of benzene rings is 3. The van der Waals surface area contributed by atoms with Gasteiger partial charge in [0.05, 0.1) is 0 Å². The highest BCUT2D eigenvalue weighted by molar-refractivity contribution is 6.08. The molecule has 0 aromatic heterocycles. The van der Waals surface area contributed by atoms with Crippen molar-refractivity contribution in [2.45, 2.75) is 12.1 Å². The van der Waals surface area contributed by atoms with Gasteiger partial charge in [0.25, 0.3) is 5.91 Å². The maximum Gasteiger partial charge on any atom is 0.266 e. The highest BCUT2D eigenvalue weighted by atomic mass is 16.2. The molecule has 0 spiro atoms. The van der Waals surface area contributed by atoms with Gasteiger partial charge in [-0.1, -0.05) is 72.8 Å². The summed E-state index contributed by atoms with van der Waals surface area (Å²) in [6.45, 7) is 0.733. The number of nitrogens with one attached hydrogen (secondary N) is 1. The molecule has 3 aromatic carbocycles. The van der Waals surface area contributed by atoms with E-state index in [4.69, 9.17) is 5.73 Å². The van der Waals surface area contributed by atoms with Gasteiger partial charge in [0.1, 0.15) is 0 Å². The number of carbonyl (C=O) groups is 1. The Kier molecular flexibility index (Phi) is 4.57. The van der Waals surface area contributed by atoms with Crippen LogP contribution in [0.4, 0.5) is 5.69 Å². The topological polar surface area (TPSA) is 70.7 Å². The fourth-order valence-electron chi connectivity index (χ4n) is 3.49. The lowest BCUT2D eigenvalue weighted by Crippen LogP contribution is -2.41. The minimum Gasteiger partial charge on any atom is -0.381 e. The van der Waals surface area contributed by atoms with Gasteiger partial charge in [-0.05, 0) is 28.8 Å². The van der Waals surface area contributed by atoms with Crippen LogP contribution in [-0.4, -0.2) is 23.8 Å². The summed E-state index contributed by atoms with van der Waals surface area (Å²) < 4.78 is 0. The smallest absolute Gasteiger partial charge is 0.266 e. The van der Waals surface area contributed by atoms with Crippen LogP contribution in [-0.2, 0) is 16.9 Å². The number of nitrogens with two attached hydrogens (primary N) is 1. The standard InChI is InChI=1S/C23H22N4O/c1-27-21(28)23(26-22(27)24,18-10-6-3-7-11-18)19-12-14-20(15-13-19)25-16-17-8-4-2-5-9-17/h2-15,25H,16H2,1H3,(H2,24,26). The summed E-state index contributed by atoms with van der Waals surface area (Å²) in [7, 11) is 1.65. The van der Waals surface area contributed by atoms with Crippen molar-refractivity contribution in [3.63, 3.8) is 0 Å². The van der Waals surface area contributed by atoms with E-state index in [2.05, 4.69) is 22.4 Å². The van der Waals surface area contributed by atoms with Gasteiger partial charge in [-0.2, -0.15) is 0 Å². The first kappa shape index (κ1) is 17.8. The Labute approximate surface area is 164 Å². The van der Waals surface area contributed by atoms with E-state index in [1.807, 2.05) is 72.8 Å². The fraction of sp³-hybridized carbons (Fsp3) is 0.130. The van der Waals surface area contributed by atoms with E-state index in [0.717, 1.165) is 23.4 Å². The Hall–Kier alpha value is -3.60. The van der Waals surface area contributed by atoms with Crippen molar-refractivity contribution in [1.29, 1.82) is 0 Å². The normalized spacial score (nSPS) is 18.8. The second kappa shape index (κ2) is 7.19. The van der Waals surface area contributed by atoms with Crippen LogP contribution in [0, 0.1) is 0 Å². The number of guanidine groups is 1. The molecule has 5 heteroatoms. The zero-order chi connectivity index (χ0) is 19.6. The molecule has 1 aliphatic rings. The lowest BCUT2D eigenvalue weighted by Gasteiger charge is -2.26. The van der Waals surface area contributed by atoms with Crippen LogP contribution >= 0.6 is 0 Å². The average Bonchev–Trinajstić information content (AvgIpc) is 2.99. The van der Waals surface area contributed by atoms with Crippen LogP contribution in [0.5, 0.6) is 0 Å². The molecule has 0 aliphatic carbocycles. The number of aliphatic imine (C=N–C) groups is 1. The van der Waals surface area contributed by atoms with Crippen molar-refractivity contribution in [2.24, 2.45) is 10.7 Å². The maximum atomic E-state index is 13.1. The quantitative estimate of drug-likeness (QED) is 0.724. The highest BCUT2D eigenvalue weighted by Crippen LogP contribution is 2.39. The van der Waals surface area contributed by atoms with E-state index in [9.17, 15) is 4.79 Å². The number of anilines is 1. The third kappa shape index (κ3) is 3.01. The first-order chi connectivity index (χ1) is 13.6. The number of rotatable bonds is 5. The zero-order valence-corrected chi connectivity index (χ0v) is 15.7. The van der Waals surface area contributed by atoms with Crippen LogP contribution in [0.25, 0.3) is 0 Å². The number of amides is 1. The van der Waals surface area contributed by atoms with Crippen molar-refractivity contribution in [3.05, 3.63) is 102 Å². The molecule has 0 radical (unpaired) electrons. The molecule has 0 bridgehead atoms. The van der Waals surface area contributed by atoms with Gasteiger partial charge in [-0.15, -0.1) is 0 Å². The molecule has 1 unspecified atom stereocenters. The van der Waals surface area contributed by atoms with Gasteiger partial charge in [-0.25, -0.2) is 4.99 Å². The molecular formula is C23H22N4O. The molecule has 1 amide bonds. The maximum absolute atomic E-state index is 13.1. The molecule has 4 rings (SSSR count). The van der Waals surface area contributed by atoms with E-state index in [1.54, 1.807) is 7.05 Å². The van der Waals surface area contributed by atoms with Gasteiger partial charge >= 0.3 is 0 Å². The van der Waals surface area contributed by atoms with Crippen LogP contribution in [0.1, 0.15) is 16.7 Å². The fourth-order valence-corrected chi connectivity index (χ4v) is 3.49. The molecule has 3 aromatic rings. The van der Waals surface area contributed by atoms with E-state index in [1.165, 1.54) is 10.5 Å². The first-order valence-corrected chi connectivity index (χ1v) is 9.18. The van der Waals surface area contributed by atoms with Gasteiger partial charge in [0, 0.05) is 19.3 Å². The van der Waals surface area contributed by atoms with Crippen LogP contribution in [0.2, 0.25) is 0 Å². The summed E-state index contributed by atoms with van der Waals surface area (Å²) in [4.78, 5) is 19.2. The second-order valence-corrected chi connectivity index (χ2v) is 6.83. The Morgan fingerprint density at radius 2 is 1.46 bits per heavy atom. The largest absolute Gasteiger partial charge is 0.381 e. The third-order valence-corrected chi connectivity index (χ3v) is 5.07. The SMILES string of the molecule is CN1C(=O)C(c2ccccc2)(c2ccc(NCc3ccccc3)cc2)N=C1N. The monoisotopic (exact) mass is 370 g/mol. The minimum atomic E-state index is -1.14. The van der Waals surface area contributed by atoms with Gasteiger partial charge in [0.2, 0.25) is 0 Å².